The first-order chi connectivity index (χ1) is 20.8. The largest absolute Gasteiger partial charge is 0.442 e. The van der Waals surface area contributed by atoms with E-state index in [0.29, 0.717) is 41.2 Å². The third-order valence-electron chi connectivity index (χ3n) is 7.40. The molecule has 43 heavy (non-hydrogen) atoms. The second-order valence-electron chi connectivity index (χ2n) is 10.3. The SMILES string of the molecule is O=C1OC(Cn2ccnn2)CN1c1ccc(-c2ccc(C3=NOC(COC4OC(CO)C(O)C(O)C4O)C3)nc2)c(F)c1. The van der Waals surface area contributed by atoms with E-state index in [0.717, 1.165) is 0 Å². The number of pyridine rings is 1. The highest BCUT2D eigenvalue weighted by molar-refractivity contribution is 5.99. The molecule has 4 N–H and O–H groups in total. The fourth-order valence-electron chi connectivity index (χ4n) is 5.07. The average molecular weight is 601 g/mol. The quantitative estimate of drug-likeness (QED) is 0.253. The van der Waals surface area contributed by atoms with Gasteiger partial charge in [0.25, 0.3) is 0 Å². The van der Waals surface area contributed by atoms with Gasteiger partial charge >= 0.3 is 6.09 Å². The number of benzene rings is 1. The molecule has 15 nitrogen and oxygen atoms in total. The van der Waals surface area contributed by atoms with E-state index in [4.69, 9.17) is 19.0 Å². The lowest BCUT2D eigenvalue weighted by Gasteiger charge is -2.39. The van der Waals surface area contributed by atoms with Crippen molar-refractivity contribution in [2.75, 3.05) is 24.7 Å². The number of ether oxygens (including phenoxy) is 3. The lowest BCUT2D eigenvalue weighted by molar-refractivity contribution is -0.304. The first-order valence-corrected chi connectivity index (χ1v) is 13.5. The third-order valence-corrected chi connectivity index (χ3v) is 7.40. The van der Waals surface area contributed by atoms with Gasteiger partial charge in [-0.25, -0.2) is 13.9 Å². The van der Waals surface area contributed by atoms with Crippen molar-refractivity contribution in [3.05, 3.63) is 60.4 Å². The molecule has 3 aromatic rings. The normalized spacial score (nSPS) is 29.0. The molecule has 5 heterocycles. The highest BCUT2D eigenvalue weighted by atomic mass is 19.1. The van der Waals surface area contributed by atoms with Crippen LogP contribution in [0.3, 0.4) is 0 Å². The number of nitrogens with zero attached hydrogens (tertiary/aromatic N) is 6. The minimum absolute atomic E-state index is 0.0584. The molecule has 16 heteroatoms. The molecule has 7 atom stereocenters. The lowest BCUT2D eigenvalue weighted by Crippen LogP contribution is -2.59. The second-order valence-corrected chi connectivity index (χ2v) is 10.3. The maximum Gasteiger partial charge on any atom is 0.414 e. The van der Waals surface area contributed by atoms with Gasteiger partial charge in [0.05, 0.1) is 43.9 Å². The van der Waals surface area contributed by atoms with Crippen LogP contribution in [0, 0.1) is 5.82 Å². The van der Waals surface area contributed by atoms with Crippen LogP contribution in [-0.4, -0.2) is 115 Å². The first kappa shape index (κ1) is 29.0. The summed E-state index contributed by atoms with van der Waals surface area (Å²) in [5, 5.41) is 50.9. The van der Waals surface area contributed by atoms with Crippen LogP contribution in [0.15, 0.2) is 54.1 Å². The van der Waals surface area contributed by atoms with Crippen LogP contribution in [-0.2, 0) is 25.6 Å². The van der Waals surface area contributed by atoms with E-state index >= 15 is 4.39 Å². The Labute approximate surface area is 243 Å². The van der Waals surface area contributed by atoms with Gasteiger partial charge in [-0.05, 0) is 24.3 Å². The summed E-state index contributed by atoms with van der Waals surface area (Å²) in [6, 6.07) is 7.86. The standard InChI is InChI=1S/C27H29FN6O9/c28-19-7-15(34-11-17(41-27(34)39)10-33-6-5-30-32-33)2-3-18(19)14-1-4-20(29-9-14)21-8-16(43-31-21)13-40-26-25(38)24(37)23(36)22(12-35)42-26/h1-7,9,16-17,22-26,35-38H,8,10-13H2. The molecule has 0 aliphatic carbocycles. The van der Waals surface area contributed by atoms with Crippen molar-refractivity contribution in [1.29, 1.82) is 0 Å². The first-order valence-electron chi connectivity index (χ1n) is 13.5. The Morgan fingerprint density at radius 3 is 2.67 bits per heavy atom. The van der Waals surface area contributed by atoms with Crippen LogP contribution in [0.25, 0.3) is 11.1 Å². The predicted octanol–water partition coefficient (Wildman–Crippen LogP) is -0.186. The van der Waals surface area contributed by atoms with Crippen molar-refractivity contribution in [2.45, 2.75) is 55.9 Å². The molecule has 7 unspecified atom stereocenters. The summed E-state index contributed by atoms with van der Waals surface area (Å²) >= 11 is 0. The number of amides is 1. The Bertz CT molecular complexity index is 1460. The summed E-state index contributed by atoms with van der Waals surface area (Å²) in [5.41, 5.74) is 2.21. The molecule has 3 aliphatic heterocycles. The molecule has 6 rings (SSSR count). The Kier molecular flexibility index (Phi) is 8.29. The molecule has 0 bridgehead atoms. The van der Waals surface area contributed by atoms with Crippen LogP contribution < -0.4 is 4.90 Å². The van der Waals surface area contributed by atoms with Gasteiger partial charge in [0.15, 0.2) is 12.4 Å². The highest BCUT2D eigenvalue weighted by Crippen LogP contribution is 2.30. The Morgan fingerprint density at radius 1 is 1.09 bits per heavy atom. The van der Waals surface area contributed by atoms with E-state index in [9.17, 15) is 25.2 Å². The van der Waals surface area contributed by atoms with Gasteiger partial charge in [0, 0.05) is 29.9 Å². The average Bonchev–Trinajstić information content (AvgIpc) is 3.78. The minimum atomic E-state index is -1.55. The van der Waals surface area contributed by atoms with E-state index in [1.54, 1.807) is 35.1 Å². The number of carbonyl (C=O) groups is 1. The van der Waals surface area contributed by atoms with Crippen molar-refractivity contribution in [3.63, 3.8) is 0 Å². The van der Waals surface area contributed by atoms with Gasteiger partial charge in [-0.2, -0.15) is 0 Å². The highest BCUT2D eigenvalue weighted by Gasteiger charge is 2.44. The molecular weight excluding hydrogens is 571 g/mol. The number of anilines is 1. The molecule has 2 saturated heterocycles. The molecule has 1 amide bonds. The van der Waals surface area contributed by atoms with Crippen LogP contribution in [0.2, 0.25) is 0 Å². The summed E-state index contributed by atoms with van der Waals surface area (Å²) < 4.78 is 33.0. The van der Waals surface area contributed by atoms with Crippen molar-refractivity contribution in [3.8, 4) is 11.1 Å². The molecule has 228 valence electrons. The fraction of sp³-hybridized carbons (Fsp3) is 0.444. The van der Waals surface area contributed by atoms with Crippen molar-refractivity contribution in [1.82, 2.24) is 20.0 Å². The zero-order chi connectivity index (χ0) is 30.1. The Morgan fingerprint density at radius 2 is 1.95 bits per heavy atom. The number of aromatic nitrogens is 4. The van der Waals surface area contributed by atoms with E-state index in [1.165, 1.54) is 23.4 Å². The van der Waals surface area contributed by atoms with Gasteiger partial charge in [0.1, 0.15) is 42.0 Å². The number of aliphatic hydroxyl groups is 4. The molecule has 0 spiro atoms. The van der Waals surface area contributed by atoms with E-state index in [-0.39, 0.29) is 13.2 Å². The van der Waals surface area contributed by atoms with E-state index in [2.05, 4.69) is 20.5 Å². The second kappa shape index (κ2) is 12.3. The van der Waals surface area contributed by atoms with E-state index < -0.39 is 61.4 Å². The van der Waals surface area contributed by atoms with Crippen LogP contribution in [0.1, 0.15) is 12.1 Å². The Balaban J connectivity index is 1.04. The van der Waals surface area contributed by atoms with Gasteiger partial charge in [-0.1, -0.05) is 16.4 Å². The smallest absolute Gasteiger partial charge is 0.414 e. The lowest BCUT2D eigenvalue weighted by atomic mass is 9.99. The number of carbonyl (C=O) groups excluding carboxylic acids is 1. The third kappa shape index (κ3) is 6.06. The fourth-order valence-corrected chi connectivity index (χ4v) is 5.07. The summed E-state index contributed by atoms with van der Waals surface area (Å²) in [5.74, 6) is -0.536. The van der Waals surface area contributed by atoms with Gasteiger partial charge in [-0.3, -0.25) is 9.88 Å². The predicted molar refractivity (Wildman–Crippen MR) is 143 cm³/mol. The molecule has 2 fully saturated rings. The van der Waals surface area contributed by atoms with Crippen molar-refractivity contribution < 1.29 is 48.7 Å². The summed E-state index contributed by atoms with van der Waals surface area (Å²) in [6.45, 7) is -0.0421. The summed E-state index contributed by atoms with van der Waals surface area (Å²) in [7, 11) is 0. The molecule has 0 radical (unpaired) electrons. The molecule has 0 saturated carbocycles. The van der Waals surface area contributed by atoms with Crippen LogP contribution in [0.4, 0.5) is 14.9 Å². The number of rotatable bonds is 9. The minimum Gasteiger partial charge on any atom is -0.442 e. The molecule has 3 aliphatic rings. The van der Waals surface area contributed by atoms with Gasteiger partial charge in [-0.15, -0.1) is 5.10 Å². The van der Waals surface area contributed by atoms with Crippen LogP contribution in [0.5, 0.6) is 0 Å². The summed E-state index contributed by atoms with van der Waals surface area (Å²) in [6.07, 6.45) is -3.45. The Hall–Kier alpha value is -4.06. The zero-order valence-corrected chi connectivity index (χ0v) is 22.6. The maximum atomic E-state index is 15.2. The molecular formula is C27H29FN6O9. The number of cyclic esters (lactones) is 1. The number of hydrogen-bond acceptors (Lipinski definition) is 13. The van der Waals surface area contributed by atoms with Crippen molar-refractivity contribution in [2.24, 2.45) is 5.16 Å². The number of halogens is 1. The summed E-state index contributed by atoms with van der Waals surface area (Å²) in [4.78, 5) is 23.6. The number of aliphatic hydroxyl groups excluding tert-OH is 4. The van der Waals surface area contributed by atoms with Gasteiger partial charge in [0.2, 0.25) is 0 Å². The topological polar surface area (TPSA) is 194 Å². The van der Waals surface area contributed by atoms with E-state index in [1.807, 2.05) is 0 Å². The number of oxime groups is 1. The van der Waals surface area contributed by atoms with Crippen LogP contribution >= 0.6 is 0 Å². The van der Waals surface area contributed by atoms with Crippen molar-refractivity contribution >= 4 is 17.5 Å². The molecule has 1 aromatic carbocycles. The van der Waals surface area contributed by atoms with Gasteiger partial charge < -0.3 is 39.5 Å². The monoisotopic (exact) mass is 600 g/mol. The zero-order valence-electron chi connectivity index (χ0n) is 22.6. The number of hydrogen-bond donors (Lipinski definition) is 4. The molecule has 2 aromatic heterocycles. The maximum absolute atomic E-state index is 15.2.